The lowest BCUT2D eigenvalue weighted by molar-refractivity contribution is -0.137. The average molecular weight is 251 g/mol. The minimum Gasteiger partial charge on any atom is -0.497 e. The third-order valence-corrected chi connectivity index (χ3v) is 2.90. The molecular formula is C14H21NO3. The van der Waals surface area contributed by atoms with Crippen LogP contribution < -0.4 is 10.1 Å². The second kappa shape index (κ2) is 7.01. The summed E-state index contributed by atoms with van der Waals surface area (Å²) in [6.07, 6.45) is 0.141. The first kappa shape index (κ1) is 14.5. The number of methoxy groups -OCH3 is 1. The molecule has 0 spiro atoms. The molecule has 18 heavy (non-hydrogen) atoms. The van der Waals surface area contributed by atoms with Crippen LogP contribution in [0.3, 0.4) is 0 Å². The number of carboxylic acid groups (broad SMARTS) is 1. The minimum absolute atomic E-state index is 0.0197. The molecule has 0 radical (unpaired) electrons. The first-order valence-corrected chi connectivity index (χ1v) is 6.11. The second-order valence-corrected chi connectivity index (χ2v) is 4.68. The van der Waals surface area contributed by atoms with Gasteiger partial charge in [0.2, 0.25) is 0 Å². The fourth-order valence-electron chi connectivity index (χ4n) is 1.76. The molecule has 4 nitrogen and oxygen atoms in total. The van der Waals surface area contributed by atoms with Crippen LogP contribution >= 0.6 is 0 Å². The van der Waals surface area contributed by atoms with Gasteiger partial charge in [0.1, 0.15) is 5.75 Å². The van der Waals surface area contributed by atoms with Crippen LogP contribution in [0.4, 0.5) is 0 Å². The lowest BCUT2D eigenvalue weighted by Gasteiger charge is -2.20. The van der Waals surface area contributed by atoms with E-state index in [0.717, 1.165) is 11.3 Å². The standard InChI is InChI=1S/C14H21NO3/c1-10(2)13(8-14(16)17)15-9-11-5-4-6-12(7-11)18-3/h4-7,10,13,15H,8-9H2,1-3H3,(H,16,17)/t13-/m1/s1. The van der Waals surface area contributed by atoms with Crippen molar-refractivity contribution in [2.45, 2.75) is 32.9 Å². The van der Waals surface area contributed by atoms with Gasteiger partial charge in [0.25, 0.3) is 0 Å². The van der Waals surface area contributed by atoms with Crippen molar-refractivity contribution in [3.63, 3.8) is 0 Å². The van der Waals surface area contributed by atoms with Crippen molar-refractivity contribution < 1.29 is 14.6 Å². The maximum atomic E-state index is 10.8. The summed E-state index contributed by atoms with van der Waals surface area (Å²) in [5.41, 5.74) is 1.09. The van der Waals surface area contributed by atoms with Gasteiger partial charge in [-0.1, -0.05) is 26.0 Å². The predicted molar refractivity (Wildman–Crippen MR) is 70.7 cm³/mol. The zero-order valence-corrected chi connectivity index (χ0v) is 11.1. The minimum atomic E-state index is -0.771. The molecule has 0 saturated carbocycles. The number of nitrogens with one attached hydrogen (secondary N) is 1. The highest BCUT2D eigenvalue weighted by Gasteiger charge is 2.16. The molecule has 0 aliphatic heterocycles. The predicted octanol–water partition coefficient (Wildman–Crippen LogP) is 2.28. The Morgan fingerprint density at radius 2 is 2.17 bits per heavy atom. The van der Waals surface area contributed by atoms with E-state index < -0.39 is 5.97 Å². The van der Waals surface area contributed by atoms with Crippen molar-refractivity contribution in [1.29, 1.82) is 0 Å². The first-order chi connectivity index (χ1) is 8.52. The molecule has 0 bridgehead atoms. The quantitative estimate of drug-likeness (QED) is 0.780. The van der Waals surface area contributed by atoms with Crippen LogP contribution in [0.2, 0.25) is 0 Å². The molecule has 1 aromatic carbocycles. The lowest BCUT2D eigenvalue weighted by Crippen LogP contribution is -2.35. The second-order valence-electron chi connectivity index (χ2n) is 4.68. The van der Waals surface area contributed by atoms with Crippen molar-refractivity contribution in [2.75, 3.05) is 7.11 Å². The summed E-state index contributed by atoms with van der Waals surface area (Å²) < 4.78 is 5.15. The van der Waals surface area contributed by atoms with Crippen LogP contribution in [-0.4, -0.2) is 24.2 Å². The van der Waals surface area contributed by atoms with Gasteiger partial charge in [0, 0.05) is 12.6 Å². The smallest absolute Gasteiger partial charge is 0.304 e. The van der Waals surface area contributed by atoms with Crippen LogP contribution in [-0.2, 0) is 11.3 Å². The molecule has 0 unspecified atom stereocenters. The fraction of sp³-hybridized carbons (Fsp3) is 0.500. The normalized spacial score (nSPS) is 12.4. The van der Waals surface area contributed by atoms with Crippen molar-refractivity contribution >= 4 is 5.97 Å². The Morgan fingerprint density at radius 3 is 2.72 bits per heavy atom. The van der Waals surface area contributed by atoms with Crippen LogP contribution in [0.15, 0.2) is 24.3 Å². The molecule has 0 aliphatic rings. The van der Waals surface area contributed by atoms with Gasteiger partial charge in [0.15, 0.2) is 0 Å². The molecule has 1 aromatic rings. The molecule has 1 rings (SSSR count). The van der Waals surface area contributed by atoms with Gasteiger partial charge >= 0.3 is 5.97 Å². The van der Waals surface area contributed by atoms with Gasteiger partial charge in [0.05, 0.1) is 13.5 Å². The summed E-state index contributed by atoms with van der Waals surface area (Å²) in [5, 5.41) is 12.1. The molecule has 1 atom stereocenters. The zero-order valence-electron chi connectivity index (χ0n) is 11.1. The van der Waals surface area contributed by atoms with Crippen LogP contribution in [0.5, 0.6) is 5.75 Å². The van der Waals surface area contributed by atoms with Gasteiger partial charge in [-0.05, 0) is 23.6 Å². The Labute approximate surface area is 108 Å². The molecule has 100 valence electrons. The summed E-state index contributed by atoms with van der Waals surface area (Å²) in [7, 11) is 1.63. The van der Waals surface area contributed by atoms with Crippen molar-refractivity contribution in [1.82, 2.24) is 5.32 Å². The monoisotopic (exact) mass is 251 g/mol. The van der Waals surface area contributed by atoms with E-state index >= 15 is 0 Å². The topological polar surface area (TPSA) is 58.6 Å². The highest BCUT2D eigenvalue weighted by atomic mass is 16.5. The first-order valence-electron chi connectivity index (χ1n) is 6.11. The molecule has 0 aromatic heterocycles. The third-order valence-electron chi connectivity index (χ3n) is 2.90. The molecule has 0 aliphatic carbocycles. The number of hydrogen-bond donors (Lipinski definition) is 2. The van der Waals surface area contributed by atoms with Gasteiger partial charge in [-0.3, -0.25) is 4.79 Å². The van der Waals surface area contributed by atoms with Gasteiger partial charge in [-0.25, -0.2) is 0 Å². The summed E-state index contributed by atoms with van der Waals surface area (Å²) in [6.45, 7) is 4.69. The van der Waals surface area contributed by atoms with E-state index in [1.807, 2.05) is 38.1 Å². The number of carboxylic acids is 1. The van der Waals surface area contributed by atoms with Crippen molar-refractivity contribution in [3.8, 4) is 5.75 Å². The highest BCUT2D eigenvalue weighted by Crippen LogP contribution is 2.13. The Morgan fingerprint density at radius 1 is 1.44 bits per heavy atom. The van der Waals surface area contributed by atoms with Crippen LogP contribution in [0.25, 0.3) is 0 Å². The maximum absolute atomic E-state index is 10.8. The Hall–Kier alpha value is -1.55. The molecule has 4 heteroatoms. The average Bonchev–Trinajstić information content (AvgIpc) is 2.34. The molecule has 2 N–H and O–H groups in total. The Bertz CT molecular complexity index is 390. The van der Waals surface area contributed by atoms with E-state index in [0.29, 0.717) is 6.54 Å². The molecule has 0 saturated heterocycles. The molecular weight excluding hydrogens is 230 g/mol. The molecule has 0 amide bonds. The van der Waals surface area contributed by atoms with E-state index in [2.05, 4.69) is 5.32 Å². The van der Waals surface area contributed by atoms with Crippen LogP contribution in [0.1, 0.15) is 25.8 Å². The van der Waals surface area contributed by atoms with Gasteiger partial charge in [-0.2, -0.15) is 0 Å². The van der Waals surface area contributed by atoms with E-state index in [4.69, 9.17) is 9.84 Å². The summed E-state index contributed by atoms with van der Waals surface area (Å²) in [5.74, 6) is 0.326. The summed E-state index contributed by atoms with van der Waals surface area (Å²) in [6, 6.07) is 7.74. The lowest BCUT2D eigenvalue weighted by atomic mass is 10.0. The van der Waals surface area contributed by atoms with Gasteiger partial charge in [-0.15, -0.1) is 0 Å². The largest absolute Gasteiger partial charge is 0.497 e. The van der Waals surface area contributed by atoms with Crippen LogP contribution in [0, 0.1) is 5.92 Å². The molecule has 0 heterocycles. The summed E-state index contributed by atoms with van der Waals surface area (Å²) >= 11 is 0. The number of hydrogen-bond acceptors (Lipinski definition) is 3. The van der Waals surface area contributed by atoms with Gasteiger partial charge < -0.3 is 15.2 Å². The maximum Gasteiger partial charge on any atom is 0.304 e. The summed E-state index contributed by atoms with van der Waals surface area (Å²) in [4.78, 5) is 10.8. The number of carbonyl (C=O) groups is 1. The number of aliphatic carboxylic acids is 1. The van der Waals surface area contributed by atoms with E-state index in [1.54, 1.807) is 7.11 Å². The Kier molecular flexibility index (Phi) is 5.65. The zero-order chi connectivity index (χ0) is 13.5. The number of ether oxygens (including phenoxy) is 1. The number of rotatable bonds is 7. The van der Waals surface area contributed by atoms with E-state index in [-0.39, 0.29) is 18.4 Å². The third kappa shape index (κ3) is 4.75. The SMILES string of the molecule is COc1cccc(CN[C@H](CC(=O)O)C(C)C)c1. The molecule has 0 fully saturated rings. The van der Waals surface area contributed by atoms with Crippen molar-refractivity contribution in [2.24, 2.45) is 5.92 Å². The van der Waals surface area contributed by atoms with E-state index in [1.165, 1.54) is 0 Å². The van der Waals surface area contributed by atoms with E-state index in [9.17, 15) is 4.79 Å². The Balaban J connectivity index is 2.57. The van der Waals surface area contributed by atoms with Crippen molar-refractivity contribution in [3.05, 3.63) is 29.8 Å². The fourth-order valence-corrected chi connectivity index (χ4v) is 1.76. The highest BCUT2D eigenvalue weighted by molar-refractivity contribution is 5.67. The number of benzene rings is 1.